The number of quaternary nitrogens is 1. The highest BCUT2D eigenvalue weighted by atomic mass is 19.2. The molecular formula is C33H32BF15NO3+. The Morgan fingerprint density at radius 3 is 0.962 bits per heavy atom. The maximum atomic E-state index is 16.4. The summed E-state index contributed by atoms with van der Waals surface area (Å²) < 4.78 is 234. The minimum Gasteiger partial charge on any atom is -0.484 e. The molecule has 0 bridgehead atoms. The molecule has 0 radical (unpaired) electrons. The molecule has 3 rings (SSSR count). The highest BCUT2D eigenvalue weighted by Crippen LogP contribution is 2.41. The number of benzene rings is 3. The van der Waals surface area contributed by atoms with Gasteiger partial charge in [0.2, 0.25) is 34.9 Å². The number of hydrogen-bond donors (Lipinski definition) is 0. The van der Waals surface area contributed by atoms with Crippen LogP contribution in [0.15, 0.2) is 0 Å². The molecule has 0 saturated heterocycles. The minimum absolute atomic E-state index is 0.0291. The van der Waals surface area contributed by atoms with Crippen LogP contribution in [0.1, 0.15) is 82.3 Å². The van der Waals surface area contributed by atoms with Crippen molar-refractivity contribution in [3.8, 4) is 17.2 Å². The van der Waals surface area contributed by atoms with Gasteiger partial charge in [-0.05, 0) is 19.3 Å². The second-order valence-electron chi connectivity index (χ2n) is 11.8. The summed E-state index contributed by atoms with van der Waals surface area (Å²) in [6.45, 7) is 0.798. The quantitative estimate of drug-likeness (QED) is 0.0398. The van der Waals surface area contributed by atoms with Crippen molar-refractivity contribution in [3.05, 3.63) is 86.5 Å². The lowest BCUT2D eigenvalue weighted by molar-refractivity contribution is -0.972. The topological polar surface area (TPSA) is 27.7 Å². The molecule has 3 aromatic carbocycles. The van der Waals surface area contributed by atoms with Crippen LogP contribution < -0.4 is 14.0 Å². The number of alkyl halides is 3. The molecule has 20 heteroatoms. The molecule has 1 unspecified atom stereocenters. The van der Waals surface area contributed by atoms with E-state index in [-0.39, 0.29) is 19.6 Å². The largest absolute Gasteiger partial charge is 0.864 e. The van der Waals surface area contributed by atoms with Crippen molar-refractivity contribution in [1.29, 1.82) is 0 Å². The van der Waals surface area contributed by atoms with Gasteiger partial charge >= 0.3 is 7.32 Å². The summed E-state index contributed by atoms with van der Waals surface area (Å²) >= 11 is 0. The van der Waals surface area contributed by atoms with Crippen LogP contribution in [-0.2, 0) is 13.3 Å². The zero-order chi connectivity index (χ0) is 39.9. The Bertz CT molecular complexity index is 1600. The van der Waals surface area contributed by atoms with E-state index in [1.807, 2.05) is 0 Å². The first kappa shape index (κ1) is 43.4. The van der Waals surface area contributed by atoms with Crippen molar-refractivity contribution >= 4 is 7.32 Å². The predicted octanol–water partition coefficient (Wildman–Crippen LogP) is 11.0. The van der Waals surface area contributed by atoms with Gasteiger partial charge in [-0.15, -0.1) is 0 Å². The van der Waals surface area contributed by atoms with E-state index in [1.54, 1.807) is 20.8 Å². The lowest BCUT2D eigenvalue weighted by Gasteiger charge is -2.41. The lowest BCUT2D eigenvalue weighted by Crippen LogP contribution is -2.52. The number of halogens is 15. The molecule has 0 N–H and O–H groups in total. The smallest absolute Gasteiger partial charge is 0.484 e. The van der Waals surface area contributed by atoms with E-state index in [9.17, 15) is 43.9 Å². The fraction of sp³-hybridized carbons (Fsp3) is 0.455. The number of nitrogens with zero attached hydrogens (tertiary/aromatic N) is 1. The van der Waals surface area contributed by atoms with Crippen LogP contribution in [0.2, 0.25) is 0 Å². The SMILES string of the molecule is CCCC[N+](CCCC)(CCCC)C(F)c1c(F)c(F)c(OB(Oc2c(F)c(F)c(CF)c(F)c2F)Oc2c(F)c(F)c(CF)c(F)c2F)c(F)c1F. The maximum absolute atomic E-state index is 16.4. The summed E-state index contributed by atoms with van der Waals surface area (Å²) in [5, 5.41) is 0. The van der Waals surface area contributed by atoms with Crippen LogP contribution in [0.25, 0.3) is 0 Å². The summed E-state index contributed by atoms with van der Waals surface area (Å²) in [4.78, 5) is 0. The van der Waals surface area contributed by atoms with E-state index in [1.165, 1.54) is 0 Å². The minimum atomic E-state index is -3.70. The van der Waals surface area contributed by atoms with E-state index in [0.29, 0.717) is 38.5 Å². The van der Waals surface area contributed by atoms with Crippen molar-refractivity contribution < 1.29 is 84.3 Å². The van der Waals surface area contributed by atoms with E-state index < -0.39 is 135 Å². The Kier molecular flexibility index (Phi) is 15.1. The van der Waals surface area contributed by atoms with Gasteiger partial charge in [0.1, 0.15) is 18.9 Å². The molecule has 0 aliphatic rings. The van der Waals surface area contributed by atoms with Crippen molar-refractivity contribution in [3.63, 3.8) is 0 Å². The predicted molar refractivity (Wildman–Crippen MR) is 160 cm³/mol. The molecular weight excluding hydrogens is 754 g/mol. The summed E-state index contributed by atoms with van der Waals surface area (Å²) in [7, 11) is -3.70. The van der Waals surface area contributed by atoms with Gasteiger partial charge in [0, 0.05) is 0 Å². The van der Waals surface area contributed by atoms with E-state index in [0.717, 1.165) is 0 Å². The van der Waals surface area contributed by atoms with Gasteiger partial charge in [-0.1, -0.05) is 40.0 Å². The average Bonchev–Trinajstić information content (AvgIpc) is 3.14. The van der Waals surface area contributed by atoms with Gasteiger partial charge in [0.25, 0.3) is 6.30 Å². The standard InChI is InChI=1S/C33H32BF15NO3/c1-4-7-10-50(11-8-5-2,12-9-6-3)33(49)17-22(41)28(47)32(29(48)23(17)42)53-34(51-30-24(43)18(37)15(13-35)19(38)25(30)44)52-31-26(45)20(39)16(14-36)21(40)27(31)46/h33H,4-14H2,1-3H3/q+1. The Morgan fingerprint density at radius 2 is 0.717 bits per heavy atom. The van der Waals surface area contributed by atoms with Crippen molar-refractivity contribution in [2.24, 2.45) is 0 Å². The molecule has 1 atom stereocenters. The van der Waals surface area contributed by atoms with Crippen molar-refractivity contribution in [2.45, 2.75) is 78.9 Å². The van der Waals surface area contributed by atoms with E-state index in [4.69, 9.17) is 0 Å². The zero-order valence-corrected chi connectivity index (χ0v) is 28.3. The van der Waals surface area contributed by atoms with Gasteiger partial charge in [0.15, 0.2) is 52.2 Å². The molecule has 0 amide bonds. The van der Waals surface area contributed by atoms with Gasteiger partial charge < -0.3 is 14.0 Å². The first-order chi connectivity index (χ1) is 25.0. The molecule has 0 aliphatic carbocycles. The van der Waals surface area contributed by atoms with E-state index in [2.05, 4.69) is 14.0 Å². The van der Waals surface area contributed by atoms with Gasteiger partial charge in [-0.3, -0.25) is 4.48 Å². The third-order valence-corrected chi connectivity index (χ3v) is 8.38. The first-order valence-electron chi connectivity index (χ1n) is 16.2. The third kappa shape index (κ3) is 8.56. The second-order valence-corrected chi connectivity index (χ2v) is 11.8. The van der Waals surface area contributed by atoms with Crippen LogP contribution in [0.5, 0.6) is 17.2 Å². The van der Waals surface area contributed by atoms with E-state index >= 15 is 22.0 Å². The zero-order valence-electron chi connectivity index (χ0n) is 28.3. The average molecular weight is 786 g/mol. The lowest BCUT2D eigenvalue weighted by atomic mass is 10.0. The van der Waals surface area contributed by atoms with Crippen molar-refractivity contribution in [2.75, 3.05) is 19.6 Å². The molecule has 4 nitrogen and oxygen atoms in total. The van der Waals surface area contributed by atoms with Gasteiger partial charge in [0.05, 0.1) is 30.8 Å². The van der Waals surface area contributed by atoms with Crippen LogP contribution in [0.4, 0.5) is 65.9 Å². The fourth-order valence-corrected chi connectivity index (χ4v) is 5.43. The summed E-state index contributed by atoms with van der Waals surface area (Å²) in [6.07, 6.45) is -0.327. The van der Waals surface area contributed by atoms with Crippen molar-refractivity contribution in [1.82, 2.24) is 0 Å². The first-order valence-corrected chi connectivity index (χ1v) is 16.2. The highest BCUT2D eigenvalue weighted by Gasteiger charge is 2.46. The molecule has 294 valence electrons. The number of rotatable bonds is 19. The summed E-state index contributed by atoms with van der Waals surface area (Å²) in [6, 6.07) is 0. The van der Waals surface area contributed by atoms with Crippen LogP contribution in [-0.4, -0.2) is 31.4 Å². The Morgan fingerprint density at radius 1 is 0.453 bits per heavy atom. The second kappa shape index (κ2) is 18.4. The van der Waals surface area contributed by atoms with Crippen LogP contribution in [0.3, 0.4) is 0 Å². The van der Waals surface area contributed by atoms with Gasteiger partial charge in [-0.2, -0.15) is 30.7 Å². The van der Waals surface area contributed by atoms with Crippen LogP contribution in [0, 0.1) is 69.8 Å². The molecule has 0 heterocycles. The van der Waals surface area contributed by atoms with Gasteiger partial charge in [-0.25, -0.2) is 35.1 Å². The molecule has 0 fully saturated rings. The van der Waals surface area contributed by atoms with Crippen LogP contribution >= 0.6 is 0 Å². The number of hydrogen-bond acceptors (Lipinski definition) is 3. The monoisotopic (exact) mass is 786 g/mol. The highest BCUT2D eigenvalue weighted by molar-refractivity contribution is 6.39. The normalized spacial score (nSPS) is 12.3. The molecule has 0 spiro atoms. The Balaban J connectivity index is 2.27. The Hall–Kier alpha value is -3.97. The molecule has 53 heavy (non-hydrogen) atoms. The molecule has 0 aromatic heterocycles. The number of unbranched alkanes of at least 4 members (excludes halogenated alkanes) is 3. The third-order valence-electron chi connectivity index (χ3n) is 8.38. The fourth-order valence-electron chi connectivity index (χ4n) is 5.43. The summed E-state index contributed by atoms with van der Waals surface area (Å²) in [5.74, 6) is -37.8. The maximum Gasteiger partial charge on any atom is 0.864 e. The molecule has 3 aromatic rings. The molecule has 0 saturated carbocycles. The summed E-state index contributed by atoms with van der Waals surface area (Å²) in [5.41, 5.74) is -5.49. The molecule has 0 aliphatic heterocycles. The Labute approximate surface area is 294 Å².